The SMILES string of the molecule is Cc1cccc(-c2nc(-c3ncn[nH]3)no2)c1F. The van der Waals surface area contributed by atoms with E-state index in [2.05, 4.69) is 25.3 Å². The van der Waals surface area contributed by atoms with E-state index in [1.54, 1.807) is 25.1 Å². The first kappa shape index (κ1) is 10.6. The van der Waals surface area contributed by atoms with Crippen LogP contribution in [0.4, 0.5) is 4.39 Å². The average molecular weight is 245 g/mol. The summed E-state index contributed by atoms with van der Waals surface area (Å²) in [6.07, 6.45) is 1.33. The Hall–Kier alpha value is -2.57. The minimum Gasteiger partial charge on any atom is -0.333 e. The van der Waals surface area contributed by atoms with Crippen LogP contribution in [0.3, 0.4) is 0 Å². The van der Waals surface area contributed by atoms with Gasteiger partial charge in [-0.1, -0.05) is 17.3 Å². The second-order valence-electron chi connectivity index (χ2n) is 3.69. The van der Waals surface area contributed by atoms with Gasteiger partial charge in [-0.15, -0.1) is 0 Å². The molecule has 0 spiro atoms. The highest BCUT2D eigenvalue weighted by molar-refractivity contribution is 5.57. The van der Waals surface area contributed by atoms with Crippen molar-refractivity contribution in [1.82, 2.24) is 25.3 Å². The van der Waals surface area contributed by atoms with Gasteiger partial charge in [0.1, 0.15) is 12.1 Å². The fourth-order valence-electron chi connectivity index (χ4n) is 1.55. The van der Waals surface area contributed by atoms with Crippen molar-refractivity contribution in [3.05, 3.63) is 35.9 Å². The highest BCUT2D eigenvalue weighted by Gasteiger charge is 2.16. The van der Waals surface area contributed by atoms with E-state index in [-0.39, 0.29) is 23.1 Å². The van der Waals surface area contributed by atoms with Gasteiger partial charge in [-0.05, 0) is 18.6 Å². The van der Waals surface area contributed by atoms with Crippen molar-refractivity contribution in [1.29, 1.82) is 0 Å². The number of nitrogens with zero attached hydrogens (tertiary/aromatic N) is 4. The van der Waals surface area contributed by atoms with E-state index in [9.17, 15) is 4.39 Å². The van der Waals surface area contributed by atoms with Crippen molar-refractivity contribution >= 4 is 0 Å². The Morgan fingerprint density at radius 1 is 1.33 bits per heavy atom. The summed E-state index contributed by atoms with van der Waals surface area (Å²) in [5, 5.41) is 10.0. The molecule has 7 heteroatoms. The molecule has 0 saturated heterocycles. The summed E-state index contributed by atoms with van der Waals surface area (Å²) < 4.78 is 18.9. The summed E-state index contributed by atoms with van der Waals surface area (Å²) >= 11 is 0. The van der Waals surface area contributed by atoms with Crippen LogP contribution < -0.4 is 0 Å². The number of aryl methyl sites for hydroxylation is 1. The number of benzene rings is 1. The summed E-state index contributed by atoms with van der Waals surface area (Å²) in [7, 11) is 0. The summed E-state index contributed by atoms with van der Waals surface area (Å²) in [6, 6.07) is 4.98. The topological polar surface area (TPSA) is 80.5 Å². The minimum atomic E-state index is -0.370. The van der Waals surface area contributed by atoms with Gasteiger partial charge in [0.25, 0.3) is 5.89 Å². The van der Waals surface area contributed by atoms with E-state index in [0.717, 1.165) is 0 Å². The van der Waals surface area contributed by atoms with Crippen LogP contribution in [0, 0.1) is 12.7 Å². The lowest BCUT2D eigenvalue weighted by atomic mass is 10.1. The molecule has 0 aliphatic carbocycles. The van der Waals surface area contributed by atoms with Gasteiger partial charge in [-0.2, -0.15) is 10.1 Å². The summed E-state index contributed by atoms with van der Waals surface area (Å²) in [4.78, 5) is 7.96. The normalized spacial score (nSPS) is 10.8. The number of hydrogen-bond acceptors (Lipinski definition) is 5. The van der Waals surface area contributed by atoms with Crippen molar-refractivity contribution < 1.29 is 8.91 Å². The molecule has 2 heterocycles. The molecule has 0 bridgehead atoms. The standard InChI is InChI=1S/C11H8FN5O/c1-6-3-2-4-7(8(6)12)11-15-10(17-18-11)9-13-5-14-16-9/h2-5H,1H3,(H,13,14,16). The van der Waals surface area contributed by atoms with Gasteiger partial charge in [-0.3, -0.25) is 5.10 Å². The van der Waals surface area contributed by atoms with Crippen LogP contribution in [0.2, 0.25) is 0 Å². The number of aromatic amines is 1. The Morgan fingerprint density at radius 3 is 3.00 bits per heavy atom. The fraction of sp³-hybridized carbons (Fsp3) is 0.0909. The summed E-state index contributed by atoms with van der Waals surface area (Å²) in [5.41, 5.74) is 0.792. The Balaban J connectivity index is 2.06. The second kappa shape index (κ2) is 4.02. The first-order valence-electron chi connectivity index (χ1n) is 5.20. The van der Waals surface area contributed by atoms with Crippen molar-refractivity contribution in [3.8, 4) is 23.1 Å². The number of aromatic nitrogens is 5. The maximum absolute atomic E-state index is 13.9. The molecule has 0 unspecified atom stereocenters. The number of H-pyrrole nitrogens is 1. The van der Waals surface area contributed by atoms with Crippen molar-refractivity contribution in [2.24, 2.45) is 0 Å². The second-order valence-corrected chi connectivity index (χ2v) is 3.69. The number of rotatable bonds is 2. The van der Waals surface area contributed by atoms with Gasteiger partial charge < -0.3 is 4.52 Å². The number of halogens is 1. The van der Waals surface area contributed by atoms with Crippen LogP contribution in [-0.4, -0.2) is 25.3 Å². The fourth-order valence-corrected chi connectivity index (χ4v) is 1.55. The van der Waals surface area contributed by atoms with E-state index < -0.39 is 0 Å². The molecule has 3 rings (SSSR count). The Morgan fingerprint density at radius 2 is 2.22 bits per heavy atom. The maximum Gasteiger partial charge on any atom is 0.261 e. The van der Waals surface area contributed by atoms with Gasteiger partial charge in [-0.25, -0.2) is 9.37 Å². The Bertz CT molecular complexity index is 677. The molecule has 1 N–H and O–H groups in total. The molecule has 0 radical (unpaired) electrons. The third-order valence-corrected chi connectivity index (χ3v) is 2.48. The molecule has 0 aliphatic rings. The quantitative estimate of drug-likeness (QED) is 0.746. The lowest BCUT2D eigenvalue weighted by molar-refractivity contribution is 0.429. The van der Waals surface area contributed by atoms with Crippen LogP contribution in [0.15, 0.2) is 29.0 Å². The lowest BCUT2D eigenvalue weighted by Gasteiger charge is -1.99. The van der Waals surface area contributed by atoms with Crippen LogP contribution >= 0.6 is 0 Å². The largest absolute Gasteiger partial charge is 0.333 e. The van der Waals surface area contributed by atoms with Crippen molar-refractivity contribution in [2.45, 2.75) is 6.92 Å². The first-order chi connectivity index (χ1) is 8.75. The molecule has 0 saturated carbocycles. The maximum atomic E-state index is 13.9. The Labute approximate surface area is 101 Å². The molecular weight excluding hydrogens is 237 g/mol. The molecular formula is C11H8FN5O. The number of nitrogens with one attached hydrogen (secondary N) is 1. The van der Waals surface area contributed by atoms with E-state index >= 15 is 0 Å². The van der Waals surface area contributed by atoms with Crippen LogP contribution in [0.25, 0.3) is 23.1 Å². The first-order valence-corrected chi connectivity index (χ1v) is 5.20. The van der Waals surface area contributed by atoms with Crippen molar-refractivity contribution in [3.63, 3.8) is 0 Å². The van der Waals surface area contributed by atoms with E-state index in [0.29, 0.717) is 11.4 Å². The van der Waals surface area contributed by atoms with Gasteiger partial charge in [0.05, 0.1) is 5.56 Å². The molecule has 3 aromatic rings. The zero-order chi connectivity index (χ0) is 12.5. The Kier molecular flexibility index (Phi) is 2.36. The van der Waals surface area contributed by atoms with Crippen LogP contribution in [0.1, 0.15) is 5.56 Å². The smallest absolute Gasteiger partial charge is 0.261 e. The zero-order valence-corrected chi connectivity index (χ0v) is 9.38. The third kappa shape index (κ3) is 1.65. The molecule has 2 aromatic heterocycles. The average Bonchev–Trinajstić information content (AvgIpc) is 3.01. The van der Waals surface area contributed by atoms with Crippen molar-refractivity contribution in [2.75, 3.05) is 0 Å². The number of hydrogen-bond donors (Lipinski definition) is 1. The summed E-state index contributed by atoms with van der Waals surface area (Å²) in [6.45, 7) is 1.67. The van der Waals surface area contributed by atoms with E-state index in [1.165, 1.54) is 6.33 Å². The van der Waals surface area contributed by atoms with Crippen LogP contribution in [0.5, 0.6) is 0 Å². The highest BCUT2D eigenvalue weighted by atomic mass is 19.1. The molecule has 90 valence electrons. The molecule has 0 fully saturated rings. The third-order valence-electron chi connectivity index (χ3n) is 2.48. The minimum absolute atomic E-state index is 0.114. The lowest BCUT2D eigenvalue weighted by Crippen LogP contribution is -1.88. The van der Waals surface area contributed by atoms with Gasteiger partial charge in [0, 0.05) is 0 Å². The molecule has 1 aromatic carbocycles. The monoisotopic (exact) mass is 245 g/mol. The summed E-state index contributed by atoms with van der Waals surface area (Å²) in [5.74, 6) is 0.356. The van der Waals surface area contributed by atoms with Gasteiger partial charge >= 0.3 is 0 Å². The molecule has 18 heavy (non-hydrogen) atoms. The molecule has 0 amide bonds. The molecule has 0 aliphatic heterocycles. The van der Waals surface area contributed by atoms with E-state index in [4.69, 9.17) is 4.52 Å². The molecule has 0 atom stereocenters. The zero-order valence-electron chi connectivity index (χ0n) is 9.38. The van der Waals surface area contributed by atoms with E-state index in [1.807, 2.05) is 0 Å². The van der Waals surface area contributed by atoms with Gasteiger partial charge in [0.2, 0.25) is 5.82 Å². The van der Waals surface area contributed by atoms with Gasteiger partial charge in [0.15, 0.2) is 5.82 Å². The molecule has 6 nitrogen and oxygen atoms in total. The predicted octanol–water partition coefficient (Wildman–Crippen LogP) is 1.97. The predicted molar refractivity (Wildman–Crippen MR) is 59.8 cm³/mol. The van der Waals surface area contributed by atoms with Crippen LogP contribution in [-0.2, 0) is 0 Å². The highest BCUT2D eigenvalue weighted by Crippen LogP contribution is 2.24.